The van der Waals surface area contributed by atoms with Gasteiger partial charge in [0.25, 0.3) is 0 Å². The molecule has 0 bridgehead atoms. The molecule has 0 aliphatic heterocycles. The van der Waals surface area contributed by atoms with Crippen LogP contribution in [0, 0.1) is 0 Å². The zero-order chi connectivity index (χ0) is 10.1. The highest BCUT2D eigenvalue weighted by molar-refractivity contribution is 5.82. The first-order valence-corrected chi connectivity index (χ1v) is 4.13. The number of hydrogen-bond donors (Lipinski definition) is 1. The summed E-state index contributed by atoms with van der Waals surface area (Å²) in [5.41, 5.74) is 0.0648. The third kappa shape index (κ3) is 11.9. The molecule has 0 atom stereocenters. The Morgan fingerprint density at radius 1 is 1.42 bits per heavy atom. The largest absolute Gasteiger partial charge is 0.545 e. The molecule has 0 aliphatic carbocycles. The minimum atomic E-state index is -1.19. The molecule has 3 heteroatoms. The van der Waals surface area contributed by atoms with Crippen molar-refractivity contribution < 1.29 is 14.8 Å². The number of quaternary nitrogens is 1. The Hall–Kier alpha value is -0.830. The second-order valence-electron chi connectivity index (χ2n) is 2.73. The Morgan fingerprint density at radius 3 is 1.67 bits per heavy atom. The van der Waals surface area contributed by atoms with Crippen LogP contribution in [0.15, 0.2) is 12.2 Å². The van der Waals surface area contributed by atoms with E-state index in [-0.39, 0.29) is 5.57 Å². The quantitative estimate of drug-likeness (QED) is 0.548. The third-order valence-electron chi connectivity index (χ3n) is 1.56. The number of aliphatic carboxylic acids is 1. The predicted molar refractivity (Wildman–Crippen MR) is 47.8 cm³/mol. The van der Waals surface area contributed by atoms with Gasteiger partial charge >= 0.3 is 0 Å². The zero-order valence-electron chi connectivity index (χ0n) is 8.44. The molecule has 0 aliphatic rings. The molecule has 0 aromatic carbocycles. The van der Waals surface area contributed by atoms with Crippen LogP contribution in [0.3, 0.4) is 0 Å². The predicted octanol–water partition coefficient (Wildman–Crippen LogP) is -1.15. The molecule has 0 amide bonds. The SMILES string of the molecule is C=C(C)C(=O)[O-].CC[NH+](C)CC. The average Bonchev–Trinajstić information content (AvgIpc) is 2.04. The molecule has 0 rings (SSSR count). The van der Waals surface area contributed by atoms with Crippen LogP contribution in [0.2, 0.25) is 0 Å². The topological polar surface area (TPSA) is 44.6 Å². The van der Waals surface area contributed by atoms with Crippen molar-refractivity contribution >= 4 is 5.97 Å². The van der Waals surface area contributed by atoms with Crippen LogP contribution >= 0.6 is 0 Å². The van der Waals surface area contributed by atoms with Crippen LogP contribution in [0.4, 0.5) is 0 Å². The number of hydrogen-bond acceptors (Lipinski definition) is 2. The lowest BCUT2D eigenvalue weighted by Gasteiger charge is -2.04. The lowest BCUT2D eigenvalue weighted by molar-refractivity contribution is -0.875. The van der Waals surface area contributed by atoms with Crippen molar-refractivity contribution in [1.29, 1.82) is 0 Å². The van der Waals surface area contributed by atoms with E-state index in [9.17, 15) is 9.90 Å². The molecule has 0 spiro atoms. The molecular formula is C9H19NO2. The van der Waals surface area contributed by atoms with Crippen molar-refractivity contribution in [2.75, 3.05) is 20.1 Å². The molecule has 1 N–H and O–H groups in total. The van der Waals surface area contributed by atoms with E-state index in [1.165, 1.54) is 20.0 Å². The molecular weight excluding hydrogens is 154 g/mol. The van der Waals surface area contributed by atoms with E-state index in [0.717, 1.165) is 0 Å². The van der Waals surface area contributed by atoms with Crippen molar-refractivity contribution in [3.63, 3.8) is 0 Å². The molecule has 0 saturated carbocycles. The van der Waals surface area contributed by atoms with Gasteiger partial charge in [0.05, 0.1) is 26.1 Å². The highest BCUT2D eigenvalue weighted by atomic mass is 16.4. The molecule has 72 valence electrons. The average molecular weight is 173 g/mol. The van der Waals surface area contributed by atoms with E-state index in [4.69, 9.17) is 0 Å². The fraction of sp³-hybridized carbons (Fsp3) is 0.667. The number of carboxylic acids is 1. The third-order valence-corrected chi connectivity index (χ3v) is 1.56. The summed E-state index contributed by atoms with van der Waals surface area (Å²) in [4.78, 5) is 11.1. The van der Waals surface area contributed by atoms with Gasteiger partial charge in [-0.25, -0.2) is 0 Å². The Labute approximate surface area is 74.7 Å². The molecule has 0 aromatic rings. The molecule has 0 radical (unpaired) electrons. The van der Waals surface area contributed by atoms with Crippen LogP contribution in [0.1, 0.15) is 20.8 Å². The Morgan fingerprint density at radius 2 is 1.67 bits per heavy atom. The highest BCUT2D eigenvalue weighted by Gasteiger charge is 1.85. The van der Waals surface area contributed by atoms with Gasteiger partial charge in [-0.05, 0) is 26.3 Å². The lowest BCUT2D eigenvalue weighted by atomic mass is 10.4. The molecule has 0 heterocycles. The van der Waals surface area contributed by atoms with Gasteiger partial charge < -0.3 is 14.8 Å². The zero-order valence-corrected chi connectivity index (χ0v) is 8.44. The summed E-state index contributed by atoms with van der Waals surface area (Å²) in [7, 11) is 2.19. The van der Waals surface area contributed by atoms with E-state index in [0.29, 0.717) is 0 Å². The molecule has 0 fully saturated rings. The molecule has 0 saturated heterocycles. The van der Waals surface area contributed by atoms with Crippen molar-refractivity contribution in [3.8, 4) is 0 Å². The summed E-state index contributed by atoms with van der Waals surface area (Å²) in [6.45, 7) is 11.4. The summed E-state index contributed by atoms with van der Waals surface area (Å²) in [6.07, 6.45) is 0. The second kappa shape index (κ2) is 8.27. The van der Waals surface area contributed by atoms with Gasteiger partial charge in [-0.1, -0.05) is 6.58 Å². The van der Waals surface area contributed by atoms with Gasteiger partial charge in [0.1, 0.15) is 0 Å². The summed E-state index contributed by atoms with van der Waals surface area (Å²) in [5, 5.41) is 9.49. The van der Waals surface area contributed by atoms with Crippen LogP contribution in [0.5, 0.6) is 0 Å². The number of rotatable bonds is 3. The fourth-order valence-corrected chi connectivity index (χ4v) is 0.250. The van der Waals surface area contributed by atoms with Crippen LogP contribution < -0.4 is 10.0 Å². The number of nitrogens with one attached hydrogen (secondary N) is 1. The van der Waals surface area contributed by atoms with Gasteiger partial charge in [0, 0.05) is 0 Å². The summed E-state index contributed by atoms with van der Waals surface area (Å²) >= 11 is 0. The van der Waals surface area contributed by atoms with Crippen molar-refractivity contribution in [1.82, 2.24) is 0 Å². The first-order chi connectivity index (χ1) is 5.45. The molecule has 0 unspecified atom stereocenters. The molecule has 12 heavy (non-hydrogen) atoms. The van der Waals surface area contributed by atoms with Crippen molar-refractivity contribution in [3.05, 3.63) is 12.2 Å². The maximum absolute atomic E-state index is 9.49. The number of carbonyl (C=O) groups excluding carboxylic acids is 1. The maximum atomic E-state index is 9.49. The van der Waals surface area contributed by atoms with Crippen molar-refractivity contribution in [2.24, 2.45) is 0 Å². The van der Waals surface area contributed by atoms with Gasteiger partial charge in [-0.2, -0.15) is 0 Å². The van der Waals surface area contributed by atoms with Gasteiger partial charge in [0.2, 0.25) is 0 Å². The maximum Gasteiger partial charge on any atom is 0.0740 e. The van der Waals surface area contributed by atoms with E-state index >= 15 is 0 Å². The van der Waals surface area contributed by atoms with E-state index in [1.807, 2.05) is 0 Å². The minimum absolute atomic E-state index is 0.0648. The lowest BCUT2D eigenvalue weighted by Crippen LogP contribution is -3.08. The first kappa shape index (κ1) is 13.7. The van der Waals surface area contributed by atoms with Crippen LogP contribution in [-0.2, 0) is 4.79 Å². The van der Waals surface area contributed by atoms with Gasteiger partial charge in [0.15, 0.2) is 0 Å². The highest BCUT2D eigenvalue weighted by Crippen LogP contribution is 1.77. The Kier molecular flexibility index (Phi) is 9.47. The van der Waals surface area contributed by atoms with Gasteiger partial charge in [-0.3, -0.25) is 0 Å². The second-order valence-corrected chi connectivity index (χ2v) is 2.73. The molecule has 0 aromatic heterocycles. The van der Waals surface area contributed by atoms with E-state index in [1.54, 1.807) is 4.90 Å². The Bertz CT molecular complexity index is 127. The Balaban J connectivity index is 0. The summed E-state index contributed by atoms with van der Waals surface area (Å²) in [5.74, 6) is -1.19. The van der Waals surface area contributed by atoms with Crippen LogP contribution in [0.25, 0.3) is 0 Å². The fourth-order valence-electron chi connectivity index (χ4n) is 0.250. The monoisotopic (exact) mass is 173 g/mol. The smallest absolute Gasteiger partial charge is 0.0740 e. The number of carboxylic acid groups (broad SMARTS) is 1. The minimum Gasteiger partial charge on any atom is -0.545 e. The van der Waals surface area contributed by atoms with E-state index in [2.05, 4.69) is 27.5 Å². The van der Waals surface area contributed by atoms with Gasteiger partial charge in [-0.15, -0.1) is 0 Å². The van der Waals surface area contributed by atoms with Crippen molar-refractivity contribution in [2.45, 2.75) is 20.8 Å². The molecule has 3 nitrogen and oxygen atoms in total. The summed E-state index contributed by atoms with van der Waals surface area (Å²) < 4.78 is 0. The van der Waals surface area contributed by atoms with Crippen LogP contribution in [-0.4, -0.2) is 26.1 Å². The standard InChI is InChI=1S/C5H13N.C4H6O2/c1-4-6(3)5-2;1-3(2)4(5)6/h4-5H2,1-3H3;1H2,2H3,(H,5,6). The normalized spacial score (nSPS) is 8.75. The van der Waals surface area contributed by atoms with E-state index < -0.39 is 5.97 Å². The summed E-state index contributed by atoms with van der Waals surface area (Å²) in [6, 6.07) is 0. The first-order valence-electron chi connectivity index (χ1n) is 4.13. The number of carbonyl (C=O) groups is 1.